The zero-order chi connectivity index (χ0) is 14.7. The van der Waals surface area contributed by atoms with Crippen molar-refractivity contribution >= 4 is 22.2 Å². The molecule has 0 amide bonds. The van der Waals surface area contributed by atoms with Crippen molar-refractivity contribution in [1.29, 1.82) is 0 Å². The van der Waals surface area contributed by atoms with Crippen molar-refractivity contribution in [3.63, 3.8) is 0 Å². The van der Waals surface area contributed by atoms with Gasteiger partial charge in [0.1, 0.15) is 5.75 Å². The van der Waals surface area contributed by atoms with Crippen LogP contribution in [0, 0.1) is 0 Å². The lowest BCUT2D eigenvalue weighted by atomic mass is 10.0. The minimum Gasteiger partial charge on any atom is -0.496 e. The minimum atomic E-state index is 0.113. The van der Waals surface area contributed by atoms with E-state index < -0.39 is 0 Å². The van der Waals surface area contributed by atoms with Crippen molar-refractivity contribution in [2.75, 3.05) is 13.7 Å². The smallest absolute Gasteiger partial charge is 0.134 e. The Kier molecular flexibility index (Phi) is 4.18. The number of hydrogen-bond acceptors (Lipinski definition) is 4. The van der Waals surface area contributed by atoms with Crippen LogP contribution in [0.4, 0.5) is 0 Å². The van der Waals surface area contributed by atoms with Gasteiger partial charge in [-0.05, 0) is 35.7 Å². The zero-order valence-corrected chi connectivity index (χ0v) is 13.0. The lowest BCUT2D eigenvalue weighted by Gasteiger charge is -2.18. The quantitative estimate of drug-likeness (QED) is 0.773. The number of nitrogens with one attached hydrogen (secondary N) is 1. The van der Waals surface area contributed by atoms with Gasteiger partial charge in [0, 0.05) is 11.6 Å². The first-order valence-corrected chi connectivity index (χ1v) is 7.91. The SMILES string of the molecule is CCNC(c1cnc2ccccc2c1)c1sccc1OC. The molecule has 3 rings (SSSR count). The molecular formula is C17H18N2OS. The molecule has 0 spiro atoms. The fraction of sp³-hybridized carbons (Fsp3) is 0.235. The maximum atomic E-state index is 5.47. The molecule has 0 aliphatic rings. The van der Waals surface area contributed by atoms with Gasteiger partial charge in [-0.3, -0.25) is 4.98 Å². The molecule has 4 heteroatoms. The average molecular weight is 298 g/mol. The molecule has 3 aromatic rings. The lowest BCUT2D eigenvalue weighted by molar-refractivity contribution is 0.408. The van der Waals surface area contributed by atoms with Crippen LogP contribution in [-0.2, 0) is 0 Å². The van der Waals surface area contributed by atoms with Crippen molar-refractivity contribution in [1.82, 2.24) is 10.3 Å². The molecule has 2 heterocycles. The summed E-state index contributed by atoms with van der Waals surface area (Å²) >= 11 is 1.71. The largest absolute Gasteiger partial charge is 0.496 e. The first-order valence-electron chi connectivity index (χ1n) is 7.03. The molecule has 0 saturated carbocycles. The molecule has 108 valence electrons. The highest BCUT2D eigenvalue weighted by molar-refractivity contribution is 7.10. The molecule has 0 radical (unpaired) electrons. The minimum absolute atomic E-state index is 0.113. The Morgan fingerprint density at radius 3 is 2.95 bits per heavy atom. The number of benzene rings is 1. The standard InChI is InChI=1S/C17H18N2OS/c1-3-18-16(17-15(20-2)8-9-21-17)13-10-12-6-4-5-7-14(12)19-11-13/h4-11,16,18H,3H2,1-2H3. The van der Waals surface area contributed by atoms with Crippen molar-refractivity contribution in [3.05, 3.63) is 58.4 Å². The summed E-state index contributed by atoms with van der Waals surface area (Å²) < 4.78 is 5.47. The fourth-order valence-corrected chi connectivity index (χ4v) is 3.46. The predicted molar refractivity (Wildman–Crippen MR) is 88.1 cm³/mol. The fourth-order valence-electron chi connectivity index (χ4n) is 2.50. The summed E-state index contributed by atoms with van der Waals surface area (Å²) in [5.41, 5.74) is 2.19. The third-order valence-corrected chi connectivity index (χ3v) is 4.46. The summed E-state index contributed by atoms with van der Waals surface area (Å²) in [6.07, 6.45) is 1.95. The van der Waals surface area contributed by atoms with Gasteiger partial charge in [-0.2, -0.15) is 0 Å². The van der Waals surface area contributed by atoms with E-state index in [4.69, 9.17) is 4.74 Å². The van der Waals surface area contributed by atoms with Crippen molar-refractivity contribution < 1.29 is 4.74 Å². The van der Waals surface area contributed by atoms with Crippen LogP contribution < -0.4 is 10.1 Å². The number of fused-ring (bicyclic) bond motifs is 1. The van der Waals surface area contributed by atoms with Gasteiger partial charge >= 0.3 is 0 Å². The number of para-hydroxylation sites is 1. The van der Waals surface area contributed by atoms with E-state index >= 15 is 0 Å². The second-order valence-electron chi connectivity index (χ2n) is 4.81. The number of hydrogen-bond donors (Lipinski definition) is 1. The van der Waals surface area contributed by atoms with E-state index in [0.717, 1.165) is 28.8 Å². The Hall–Kier alpha value is -1.91. The molecule has 1 N–H and O–H groups in total. The number of pyridine rings is 1. The molecule has 1 aromatic carbocycles. The molecule has 21 heavy (non-hydrogen) atoms. The molecule has 3 nitrogen and oxygen atoms in total. The highest BCUT2D eigenvalue weighted by Crippen LogP contribution is 2.35. The molecule has 1 atom stereocenters. The van der Waals surface area contributed by atoms with Crippen LogP contribution in [0.2, 0.25) is 0 Å². The van der Waals surface area contributed by atoms with Gasteiger partial charge in [0.25, 0.3) is 0 Å². The molecule has 0 aliphatic carbocycles. The molecule has 2 aromatic heterocycles. The van der Waals surface area contributed by atoms with E-state index in [2.05, 4.69) is 34.7 Å². The maximum Gasteiger partial charge on any atom is 0.134 e. The zero-order valence-electron chi connectivity index (χ0n) is 12.2. The first-order chi connectivity index (χ1) is 10.3. The Morgan fingerprint density at radius 1 is 1.29 bits per heavy atom. The van der Waals surface area contributed by atoms with E-state index in [1.165, 1.54) is 4.88 Å². The van der Waals surface area contributed by atoms with E-state index in [0.29, 0.717) is 0 Å². The van der Waals surface area contributed by atoms with E-state index in [9.17, 15) is 0 Å². The number of aromatic nitrogens is 1. The maximum absolute atomic E-state index is 5.47. The molecule has 0 fully saturated rings. The Labute approximate surface area is 128 Å². The number of ether oxygens (including phenoxy) is 1. The van der Waals surface area contributed by atoms with Crippen LogP contribution in [0.1, 0.15) is 23.4 Å². The first kappa shape index (κ1) is 14.0. The van der Waals surface area contributed by atoms with Gasteiger partial charge in [0.05, 0.1) is 23.5 Å². The number of rotatable bonds is 5. The highest BCUT2D eigenvalue weighted by Gasteiger charge is 2.19. The summed E-state index contributed by atoms with van der Waals surface area (Å²) in [4.78, 5) is 5.76. The van der Waals surface area contributed by atoms with Crippen LogP contribution >= 0.6 is 11.3 Å². The van der Waals surface area contributed by atoms with Crippen LogP contribution in [0.25, 0.3) is 10.9 Å². The Bertz CT molecular complexity index is 738. The topological polar surface area (TPSA) is 34.2 Å². The molecule has 0 saturated heterocycles. The lowest BCUT2D eigenvalue weighted by Crippen LogP contribution is -2.21. The summed E-state index contributed by atoms with van der Waals surface area (Å²) in [6.45, 7) is 3.00. The van der Waals surface area contributed by atoms with E-state index in [1.54, 1.807) is 18.4 Å². The predicted octanol–water partition coefficient (Wildman–Crippen LogP) is 4.00. The number of thiophene rings is 1. The Morgan fingerprint density at radius 2 is 2.14 bits per heavy atom. The summed E-state index contributed by atoms with van der Waals surface area (Å²) in [7, 11) is 1.72. The van der Waals surface area contributed by atoms with Crippen LogP contribution in [0.3, 0.4) is 0 Å². The Balaban J connectivity index is 2.06. The second-order valence-corrected chi connectivity index (χ2v) is 5.75. The molecular weight excluding hydrogens is 280 g/mol. The monoisotopic (exact) mass is 298 g/mol. The van der Waals surface area contributed by atoms with Crippen LogP contribution in [-0.4, -0.2) is 18.6 Å². The summed E-state index contributed by atoms with van der Waals surface area (Å²) in [5.74, 6) is 0.930. The van der Waals surface area contributed by atoms with Gasteiger partial charge < -0.3 is 10.1 Å². The molecule has 0 aliphatic heterocycles. The summed E-state index contributed by atoms with van der Waals surface area (Å²) in [5, 5.41) is 6.75. The van der Waals surface area contributed by atoms with Gasteiger partial charge in [-0.25, -0.2) is 0 Å². The van der Waals surface area contributed by atoms with Crippen molar-refractivity contribution in [2.24, 2.45) is 0 Å². The van der Waals surface area contributed by atoms with Gasteiger partial charge in [0.15, 0.2) is 0 Å². The number of methoxy groups -OCH3 is 1. The molecule has 1 unspecified atom stereocenters. The van der Waals surface area contributed by atoms with Crippen LogP contribution in [0.5, 0.6) is 5.75 Å². The van der Waals surface area contributed by atoms with E-state index in [-0.39, 0.29) is 6.04 Å². The third kappa shape index (κ3) is 2.77. The van der Waals surface area contributed by atoms with Crippen LogP contribution in [0.15, 0.2) is 48.0 Å². The van der Waals surface area contributed by atoms with Gasteiger partial charge in [-0.15, -0.1) is 11.3 Å². The van der Waals surface area contributed by atoms with Crippen molar-refractivity contribution in [2.45, 2.75) is 13.0 Å². The third-order valence-electron chi connectivity index (χ3n) is 3.49. The number of nitrogens with zero attached hydrogens (tertiary/aromatic N) is 1. The normalized spacial score (nSPS) is 12.5. The second kappa shape index (κ2) is 6.24. The average Bonchev–Trinajstić information content (AvgIpc) is 3.00. The van der Waals surface area contributed by atoms with Crippen molar-refractivity contribution in [3.8, 4) is 5.75 Å². The van der Waals surface area contributed by atoms with Gasteiger partial charge in [-0.1, -0.05) is 25.1 Å². The summed E-state index contributed by atoms with van der Waals surface area (Å²) in [6, 6.07) is 12.5. The van der Waals surface area contributed by atoms with Gasteiger partial charge in [0.2, 0.25) is 0 Å². The van der Waals surface area contributed by atoms with E-state index in [1.807, 2.05) is 30.5 Å². The molecule has 0 bridgehead atoms. The highest BCUT2D eigenvalue weighted by atomic mass is 32.1.